The molecule has 3 rings (SSSR count). The molecule has 0 aliphatic heterocycles. The Morgan fingerprint density at radius 3 is 2.32 bits per heavy atom. The summed E-state index contributed by atoms with van der Waals surface area (Å²) in [4.78, 5) is 12.0. The fourth-order valence-corrected chi connectivity index (χ4v) is 2.42. The average Bonchev–Trinajstić information content (AvgIpc) is 2.96. The highest BCUT2D eigenvalue weighted by atomic mass is 16.3. The number of hydrazone groups is 1. The van der Waals surface area contributed by atoms with Gasteiger partial charge in [0.2, 0.25) is 0 Å². The van der Waals surface area contributed by atoms with Crippen molar-refractivity contribution < 1.29 is 9.21 Å². The van der Waals surface area contributed by atoms with Crippen LogP contribution in [0.1, 0.15) is 27.4 Å². The third kappa shape index (κ3) is 4.35. The number of anilines is 2. The number of carbonyl (C=O) groups is 1. The Kier molecular flexibility index (Phi) is 4.95. The van der Waals surface area contributed by atoms with Crippen LogP contribution in [0.15, 0.2) is 70.2 Å². The van der Waals surface area contributed by atoms with Gasteiger partial charge in [0.05, 0.1) is 11.8 Å². The van der Waals surface area contributed by atoms with E-state index in [-0.39, 0.29) is 5.91 Å². The van der Waals surface area contributed by atoms with Gasteiger partial charge in [0, 0.05) is 11.4 Å². The highest BCUT2D eigenvalue weighted by molar-refractivity contribution is 5.95. The van der Waals surface area contributed by atoms with Crippen LogP contribution in [0.2, 0.25) is 0 Å². The molecule has 0 saturated carbocycles. The quantitative estimate of drug-likeness (QED) is 0.537. The van der Waals surface area contributed by atoms with E-state index < -0.39 is 0 Å². The Balaban J connectivity index is 1.58. The number of benzene rings is 2. The molecule has 0 aliphatic carbocycles. The zero-order valence-electron chi connectivity index (χ0n) is 14.1. The van der Waals surface area contributed by atoms with Crippen molar-refractivity contribution in [1.29, 1.82) is 0 Å². The predicted octanol–water partition coefficient (Wildman–Crippen LogP) is 4.40. The van der Waals surface area contributed by atoms with Crippen molar-refractivity contribution in [3.8, 4) is 0 Å². The average molecular weight is 333 g/mol. The minimum atomic E-state index is -0.284. The monoisotopic (exact) mass is 333 g/mol. The molecule has 0 unspecified atom stereocenters. The number of furan rings is 1. The first-order chi connectivity index (χ1) is 12.1. The van der Waals surface area contributed by atoms with Gasteiger partial charge in [-0.15, -0.1) is 0 Å². The number of rotatable bonds is 5. The van der Waals surface area contributed by atoms with Crippen LogP contribution >= 0.6 is 0 Å². The number of aryl methyl sites for hydroxylation is 2. The molecule has 0 aliphatic rings. The van der Waals surface area contributed by atoms with Gasteiger partial charge in [0.15, 0.2) is 0 Å². The summed E-state index contributed by atoms with van der Waals surface area (Å²) in [5.74, 6) is 1.00. The third-order valence-corrected chi connectivity index (χ3v) is 3.64. The van der Waals surface area contributed by atoms with Crippen molar-refractivity contribution in [2.24, 2.45) is 5.10 Å². The second-order valence-corrected chi connectivity index (χ2v) is 5.64. The van der Waals surface area contributed by atoms with Crippen LogP contribution in [0.4, 0.5) is 11.4 Å². The second kappa shape index (κ2) is 7.49. The standard InChI is InChI=1S/C20H19N3O2/c1-14-12-19(15(2)25-14)20(24)23-21-13-16-8-10-18(11-9-16)22-17-6-4-3-5-7-17/h3-13,22H,1-2H3,(H,23,24)/b21-13-. The normalized spacial score (nSPS) is 10.8. The van der Waals surface area contributed by atoms with Crippen LogP contribution in [0.5, 0.6) is 0 Å². The molecule has 0 atom stereocenters. The number of para-hydroxylation sites is 1. The van der Waals surface area contributed by atoms with E-state index in [4.69, 9.17) is 4.42 Å². The Bertz CT molecular complexity index is 881. The van der Waals surface area contributed by atoms with Crippen molar-refractivity contribution in [2.75, 3.05) is 5.32 Å². The number of nitrogens with zero attached hydrogens (tertiary/aromatic N) is 1. The summed E-state index contributed by atoms with van der Waals surface area (Å²) in [6, 6.07) is 19.4. The smallest absolute Gasteiger partial charge is 0.274 e. The molecule has 0 saturated heterocycles. The maximum absolute atomic E-state index is 12.0. The molecule has 3 aromatic rings. The van der Waals surface area contributed by atoms with Crippen molar-refractivity contribution in [1.82, 2.24) is 5.43 Å². The number of amides is 1. The molecule has 25 heavy (non-hydrogen) atoms. The molecule has 0 radical (unpaired) electrons. The molecule has 0 spiro atoms. The summed E-state index contributed by atoms with van der Waals surface area (Å²) in [7, 11) is 0. The lowest BCUT2D eigenvalue weighted by Gasteiger charge is -2.06. The van der Waals surface area contributed by atoms with Crippen LogP contribution < -0.4 is 10.7 Å². The van der Waals surface area contributed by atoms with E-state index in [0.29, 0.717) is 17.1 Å². The van der Waals surface area contributed by atoms with Gasteiger partial charge in [-0.1, -0.05) is 30.3 Å². The van der Waals surface area contributed by atoms with Gasteiger partial charge in [0.25, 0.3) is 5.91 Å². The Morgan fingerprint density at radius 2 is 1.68 bits per heavy atom. The summed E-state index contributed by atoms with van der Waals surface area (Å²) in [5, 5.41) is 7.31. The molecule has 1 amide bonds. The summed E-state index contributed by atoms with van der Waals surface area (Å²) in [6.45, 7) is 3.56. The maximum Gasteiger partial charge on any atom is 0.274 e. The lowest BCUT2D eigenvalue weighted by atomic mass is 10.2. The van der Waals surface area contributed by atoms with Gasteiger partial charge in [0.1, 0.15) is 11.5 Å². The summed E-state index contributed by atoms with van der Waals surface area (Å²) >= 11 is 0. The number of hydrogen-bond donors (Lipinski definition) is 2. The van der Waals surface area contributed by atoms with Crippen molar-refractivity contribution in [3.63, 3.8) is 0 Å². The Morgan fingerprint density at radius 1 is 1.00 bits per heavy atom. The molecule has 1 heterocycles. The summed E-state index contributed by atoms with van der Waals surface area (Å²) < 4.78 is 5.34. The van der Waals surface area contributed by atoms with Gasteiger partial charge in [-0.05, 0) is 49.7 Å². The second-order valence-electron chi connectivity index (χ2n) is 5.64. The van der Waals surface area contributed by atoms with Crippen LogP contribution in [0.25, 0.3) is 0 Å². The largest absolute Gasteiger partial charge is 0.466 e. The number of nitrogens with one attached hydrogen (secondary N) is 2. The lowest BCUT2D eigenvalue weighted by Crippen LogP contribution is -2.17. The van der Waals surface area contributed by atoms with Crippen molar-refractivity contribution in [2.45, 2.75) is 13.8 Å². The molecular formula is C20H19N3O2. The molecule has 0 fully saturated rings. The van der Waals surface area contributed by atoms with Crippen LogP contribution in [0, 0.1) is 13.8 Å². The highest BCUT2D eigenvalue weighted by Gasteiger charge is 2.12. The van der Waals surface area contributed by atoms with E-state index in [9.17, 15) is 4.79 Å². The Hall–Kier alpha value is -3.34. The first kappa shape index (κ1) is 16.5. The first-order valence-electron chi connectivity index (χ1n) is 7.94. The van der Waals surface area contributed by atoms with Crippen LogP contribution in [-0.4, -0.2) is 12.1 Å². The zero-order chi connectivity index (χ0) is 17.6. The van der Waals surface area contributed by atoms with E-state index in [0.717, 1.165) is 16.9 Å². The molecular weight excluding hydrogens is 314 g/mol. The van der Waals surface area contributed by atoms with Crippen LogP contribution in [0.3, 0.4) is 0 Å². The zero-order valence-corrected chi connectivity index (χ0v) is 14.1. The van der Waals surface area contributed by atoms with Gasteiger partial charge < -0.3 is 9.73 Å². The van der Waals surface area contributed by atoms with Gasteiger partial charge >= 0.3 is 0 Å². The van der Waals surface area contributed by atoms with E-state index in [1.165, 1.54) is 0 Å². The van der Waals surface area contributed by atoms with Gasteiger partial charge in [-0.2, -0.15) is 5.10 Å². The first-order valence-corrected chi connectivity index (χ1v) is 7.94. The van der Waals surface area contributed by atoms with Gasteiger partial charge in [-0.25, -0.2) is 5.43 Å². The fourth-order valence-electron chi connectivity index (χ4n) is 2.42. The lowest BCUT2D eigenvalue weighted by molar-refractivity contribution is 0.0953. The molecule has 5 heteroatoms. The van der Waals surface area contributed by atoms with E-state index in [2.05, 4.69) is 15.8 Å². The molecule has 5 nitrogen and oxygen atoms in total. The number of carbonyl (C=O) groups excluding carboxylic acids is 1. The van der Waals surface area contributed by atoms with Gasteiger partial charge in [-0.3, -0.25) is 4.79 Å². The molecule has 126 valence electrons. The minimum absolute atomic E-state index is 0.284. The predicted molar refractivity (Wildman–Crippen MR) is 99.4 cm³/mol. The molecule has 2 N–H and O–H groups in total. The summed E-state index contributed by atoms with van der Waals surface area (Å²) in [5.41, 5.74) is 5.91. The maximum atomic E-state index is 12.0. The summed E-state index contributed by atoms with van der Waals surface area (Å²) in [6.07, 6.45) is 1.60. The molecule has 0 bridgehead atoms. The SMILES string of the molecule is Cc1cc(C(=O)N/N=C\c2ccc(Nc3ccccc3)cc2)c(C)o1. The molecule has 2 aromatic carbocycles. The van der Waals surface area contributed by atoms with Crippen molar-refractivity contribution >= 4 is 23.5 Å². The third-order valence-electron chi connectivity index (χ3n) is 3.64. The Labute approximate surface area is 146 Å². The molecule has 1 aromatic heterocycles. The number of hydrogen-bond acceptors (Lipinski definition) is 4. The topological polar surface area (TPSA) is 66.6 Å². The van der Waals surface area contributed by atoms with Crippen molar-refractivity contribution in [3.05, 3.63) is 83.3 Å². The fraction of sp³-hybridized carbons (Fsp3) is 0.100. The van der Waals surface area contributed by atoms with E-state index >= 15 is 0 Å². The van der Waals surface area contributed by atoms with Crippen LogP contribution in [-0.2, 0) is 0 Å². The highest BCUT2D eigenvalue weighted by Crippen LogP contribution is 2.16. The van der Waals surface area contributed by atoms with E-state index in [1.54, 1.807) is 26.1 Å². The minimum Gasteiger partial charge on any atom is -0.466 e. The van der Waals surface area contributed by atoms with E-state index in [1.807, 2.05) is 54.6 Å².